The monoisotopic (exact) mass is 270 g/mol. The van der Waals surface area contributed by atoms with Gasteiger partial charge < -0.3 is 5.32 Å². The van der Waals surface area contributed by atoms with E-state index in [1.54, 1.807) is 7.05 Å². The van der Waals surface area contributed by atoms with Crippen molar-refractivity contribution >= 4 is 5.91 Å². The van der Waals surface area contributed by atoms with E-state index in [1.165, 1.54) is 0 Å². The molecule has 2 aromatic rings. The van der Waals surface area contributed by atoms with Gasteiger partial charge in [-0.2, -0.15) is 0 Å². The molecule has 1 atom stereocenters. The molecule has 2 rings (SSSR count). The van der Waals surface area contributed by atoms with Crippen molar-refractivity contribution in [2.24, 2.45) is 5.90 Å². The Kier molecular flexibility index (Phi) is 4.50. The molecule has 0 aliphatic heterocycles. The minimum atomic E-state index is -0.125. The van der Waals surface area contributed by atoms with E-state index in [9.17, 15) is 4.79 Å². The number of hydrogen-bond donors (Lipinski definition) is 2. The minimum Gasteiger partial charge on any atom is -0.355 e. The number of rotatable bonds is 4. The van der Waals surface area contributed by atoms with Gasteiger partial charge in [0.1, 0.15) is 6.10 Å². The van der Waals surface area contributed by atoms with Gasteiger partial charge in [0.15, 0.2) is 0 Å². The van der Waals surface area contributed by atoms with E-state index >= 15 is 0 Å². The van der Waals surface area contributed by atoms with Gasteiger partial charge in [-0.1, -0.05) is 36.4 Å². The molecule has 1 amide bonds. The van der Waals surface area contributed by atoms with Gasteiger partial charge in [0.25, 0.3) is 5.91 Å². The lowest BCUT2D eigenvalue weighted by Crippen LogP contribution is -2.17. The number of benzene rings is 2. The summed E-state index contributed by atoms with van der Waals surface area (Å²) >= 11 is 0. The largest absolute Gasteiger partial charge is 0.355 e. The van der Waals surface area contributed by atoms with Crippen molar-refractivity contribution in [1.82, 2.24) is 5.32 Å². The van der Waals surface area contributed by atoms with Gasteiger partial charge in [0.05, 0.1) is 0 Å². The molecule has 0 aliphatic carbocycles. The third kappa shape index (κ3) is 3.04. The number of carbonyl (C=O) groups excluding carboxylic acids is 1. The maximum atomic E-state index is 11.5. The van der Waals surface area contributed by atoms with Crippen LogP contribution in [0.5, 0.6) is 0 Å². The van der Waals surface area contributed by atoms with Gasteiger partial charge in [0, 0.05) is 12.6 Å². The van der Waals surface area contributed by atoms with Crippen molar-refractivity contribution in [3.05, 3.63) is 59.7 Å². The number of carbonyl (C=O) groups is 1. The molecule has 0 bridgehead atoms. The van der Waals surface area contributed by atoms with Crippen LogP contribution in [-0.4, -0.2) is 13.0 Å². The van der Waals surface area contributed by atoms with Crippen molar-refractivity contribution in [3.8, 4) is 11.1 Å². The molecule has 3 N–H and O–H groups in total. The molecule has 20 heavy (non-hydrogen) atoms. The molecular weight excluding hydrogens is 252 g/mol. The van der Waals surface area contributed by atoms with E-state index in [2.05, 4.69) is 5.32 Å². The second-order valence-corrected chi connectivity index (χ2v) is 4.56. The summed E-state index contributed by atoms with van der Waals surface area (Å²) in [6.07, 6.45) is -0.125. The summed E-state index contributed by atoms with van der Waals surface area (Å²) in [5.74, 6) is 5.09. The van der Waals surface area contributed by atoms with Crippen molar-refractivity contribution in [3.63, 3.8) is 0 Å². The smallest absolute Gasteiger partial charge is 0.251 e. The quantitative estimate of drug-likeness (QED) is 0.839. The molecule has 0 saturated carbocycles. The van der Waals surface area contributed by atoms with Crippen molar-refractivity contribution in [1.29, 1.82) is 0 Å². The molecule has 1 unspecified atom stereocenters. The van der Waals surface area contributed by atoms with E-state index in [0.717, 1.165) is 16.7 Å². The molecule has 104 valence electrons. The number of amides is 1. The van der Waals surface area contributed by atoms with E-state index in [-0.39, 0.29) is 12.0 Å². The highest BCUT2D eigenvalue weighted by molar-refractivity contribution is 5.94. The average molecular weight is 270 g/mol. The molecule has 2 aromatic carbocycles. The maximum absolute atomic E-state index is 11.5. The van der Waals surface area contributed by atoms with Crippen LogP contribution in [0.2, 0.25) is 0 Å². The lowest BCUT2D eigenvalue weighted by Gasteiger charge is -2.10. The van der Waals surface area contributed by atoms with Crippen LogP contribution < -0.4 is 11.2 Å². The van der Waals surface area contributed by atoms with E-state index in [4.69, 9.17) is 10.7 Å². The van der Waals surface area contributed by atoms with Crippen LogP contribution in [0, 0.1) is 0 Å². The van der Waals surface area contributed by atoms with Gasteiger partial charge in [-0.3, -0.25) is 9.63 Å². The highest BCUT2D eigenvalue weighted by Crippen LogP contribution is 2.23. The number of nitrogens with one attached hydrogen (secondary N) is 1. The van der Waals surface area contributed by atoms with Crippen LogP contribution in [0.15, 0.2) is 48.5 Å². The van der Waals surface area contributed by atoms with Crippen LogP contribution in [0.25, 0.3) is 11.1 Å². The Labute approximate surface area is 118 Å². The fraction of sp³-hybridized carbons (Fsp3) is 0.188. The van der Waals surface area contributed by atoms with E-state index in [0.29, 0.717) is 5.56 Å². The third-order valence-corrected chi connectivity index (χ3v) is 3.29. The highest BCUT2D eigenvalue weighted by atomic mass is 16.6. The molecule has 0 aliphatic rings. The fourth-order valence-corrected chi connectivity index (χ4v) is 1.98. The lowest BCUT2D eigenvalue weighted by atomic mass is 10.0. The topological polar surface area (TPSA) is 64.3 Å². The zero-order chi connectivity index (χ0) is 14.5. The predicted octanol–water partition coefficient (Wildman–Crippen LogP) is 2.66. The first kappa shape index (κ1) is 14.2. The molecular formula is C16H18N2O2. The molecule has 0 heterocycles. The Morgan fingerprint density at radius 3 is 2.00 bits per heavy atom. The van der Waals surface area contributed by atoms with Crippen LogP contribution >= 0.6 is 0 Å². The van der Waals surface area contributed by atoms with Crippen LogP contribution in [0.3, 0.4) is 0 Å². The van der Waals surface area contributed by atoms with Gasteiger partial charge in [0.2, 0.25) is 0 Å². The molecule has 0 aromatic heterocycles. The Bertz CT molecular complexity index is 576. The Balaban J connectivity index is 2.21. The molecule has 0 spiro atoms. The maximum Gasteiger partial charge on any atom is 0.251 e. The van der Waals surface area contributed by atoms with Crippen LogP contribution in [0.4, 0.5) is 0 Å². The second-order valence-electron chi connectivity index (χ2n) is 4.56. The number of nitrogens with two attached hydrogens (primary N) is 1. The van der Waals surface area contributed by atoms with Crippen LogP contribution in [0.1, 0.15) is 28.9 Å². The van der Waals surface area contributed by atoms with E-state index < -0.39 is 0 Å². The minimum absolute atomic E-state index is 0.0826. The Hall–Kier alpha value is -2.17. The fourth-order valence-electron chi connectivity index (χ4n) is 1.98. The summed E-state index contributed by atoms with van der Waals surface area (Å²) in [5.41, 5.74) is 3.82. The standard InChI is InChI=1S/C16H18N2O2/c1-11(20-17)12-3-5-13(6-4-12)14-7-9-15(10-8-14)16(19)18-2/h3-11H,17H2,1-2H3,(H,18,19). The Morgan fingerprint density at radius 1 is 1.05 bits per heavy atom. The molecule has 4 heteroatoms. The first-order valence-electron chi connectivity index (χ1n) is 6.43. The lowest BCUT2D eigenvalue weighted by molar-refractivity contribution is 0.0664. The first-order chi connectivity index (χ1) is 9.65. The third-order valence-electron chi connectivity index (χ3n) is 3.29. The van der Waals surface area contributed by atoms with Gasteiger partial charge in [-0.15, -0.1) is 0 Å². The SMILES string of the molecule is CNC(=O)c1ccc(-c2ccc(C(C)ON)cc2)cc1. The molecule has 0 radical (unpaired) electrons. The predicted molar refractivity (Wildman–Crippen MR) is 79.0 cm³/mol. The van der Waals surface area contributed by atoms with Gasteiger partial charge >= 0.3 is 0 Å². The second kappa shape index (κ2) is 6.32. The summed E-state index contributed by atoms with van der Waals surface area (Å²) in [6.45, 7) is 1.90. The molecule has 0 saturated heterocycles. The zero-order valence-electron chi connectivity index (χ0n) is 11.6. The summed E-state index contributed by atoms with van der Waals surface area (Å²) in [7, 11) is 1.62. The van der Waals surface area contributed by atoms with Crippen LogP contribution in [-0.2, 0) is 4.84 Å². The van der Waals surface area contributed by atoms with Gasteiger partial charge in [-0.25, -0.2) is 5.90 Å². The summed E-state index contributed by atoms with van der Waals surface area (Å²) in [4.78, 5) is 16.3. The summed E-state index contributed by atoms with van der Waals surface area (Å²) < 4.78 is 0. The molecule has 0 fully saturated rings. The summed E-state index contributed by atoms with van der Waals surface area (Å²) in [5, 5.41) is 2.60. The van der Waals surface area contributed by atoms with Crippen molar-refractivity contribution in [2.75, 3.05) is 7.05 Å². The summed E-state index contributed by atoms with van der Waals surface area (Å²) in [6, 6.07) is 15.5. The van der Waals surface area contributed by atoms with Crippen molar-refractivity contribution < 1.29 is 9.63 Å². The number of hydrogen-bond acceptors (Lipinski definition) is 3. The molecule has 4 nitrogen and oxygen atoms in total. The normalized spacial score (nSPS) is 11.9. The highest BCUT2D eigenvalue weighted by Gasteiger charge is 2.06. The van der Waals surface area contributed by atoms with Gasteiger partial charge in [-0.05, 0) is 35.7 Å². The first-order valence-corrected chi connectivity index (χ1v) is 6.43. The Morgan fingerprint density at radius 2 is 1.55 bits per heavy atom. The van der Waals surface area contributed by atoms with E-state index in [1.807, 2.05) is 55.5 Å². The zero-order valence-corrected chi connectivity index (χ0v) is 11.6. The van der Waals surface area contributed by atoms with Crippen molar-refractivity contribution in [2.45, 2.75) is 13.0 Å². The average Bonchev–Trinajstić information content (AvgIpc) is 2.53.